The minimum atomic E-state index is -0.445. The highest BCUT2D eigenvalue weighted by Crippen LogP contribution is 2.33. The van der Waals surface area contributed by atoms with Crippen molar-refractivity contribution < 1.29 is 23.8 Å². The molecule has 3 rings (SSSR count). The van der Waals surface area contributed by atoms with Crippen LogP contribution in [0.3, 0.4) is 0 Å². The van der Waals surface area contributed by atoms with Gasteiger partial charge < -0.3 is 18.8 Å². The molecule has 30 heavy (non-hydrogen) atoms. The number of hydrogen-bond acceptors (Lipinski definition) is 7. The van der Waals surface area contributed by atoms with E-state index in [9.17, 15) is 9.59 Å². The third-order valence-corrected chi connectivity index (χ3v) is 6.21. The normalized spacial score (nSPS) is 11.5. The van der Waals surface area contributed by atoms with Crippen molar-refractivity contribution in [3.05, 3.63) is 46.8 Å². The van der Waals surface area contributed by atoms with Crippen LogP contribution in [0.5, 0.6) is 11.5 Å². The highest BCUT2D eigenvalue weighted by atomic mass is 32.2. The molecule has 0 unspecified atom stereocenters. The van der Waals surface area contributed by atoms with E-state index in [0.29, 0.717) is 27.4 Å². The van der Waals surface area contributed by atoms with Crippen molar-refractivity contribution in [3.63, 3.8) is 0 Å². The maximum absolute atomic E-state index is 12.9. The first-order chi connectivity index (χ1) is 14.5. The number of aromatic nitrogens is 1. The Hall–Kier alpha value is -2.78. The van der Waals surface area contributed by atoms with Gasteiger partial charge in [0.1, 0.15) is 6.54 Å². The number of amides is 1. The van der Waals surface area contributed by atoms with Crippen molar-refractivity contribution in [2.24, 2.45) is 4.99 Å². The summed E-state index contributed by atoms with van der Waals surface area (Å²) in [6.07, 6.45) is 0. The molecular formula is C21H22N2O5S2. The number of thioether (sulfide) groups is 1. The Balaban J connectivity index is 2.15. The van der Waals surface area contributed by atoms with E-state index < -0.39 is 5.97 Å². The summed E-state index contributed by atoms with van der Waals surface area (Å²) in [5.74, 6) is 1.16. The van der Waals surface area contributed by atoms with Crippen molar-refractivity contribution in [2.45, 2.75) is 18.4 Å². The summed E-state index contributed by atoms with van der Waals surface area (Å²) in [6.45, 7) is 1.98. The SMILES string of the molecule is CCSc1cccc(C(=O)N=c2sc3cc(OC)c(OC)cc3n2CC(=O)OC)c1. The van der Waals surface area contributed by atoms with E-state index in [0.717, 1.165) is 15.3 Å². The maximum atomic E-state index is 12.9. The summed E-state index contributed by atoms with van der Waals surface area (Å²) in [4.78, 5) is 30.6. The molecule has 158 valence electrons. The first kappa shape index (κ1) is 21.9. The molecule has 1 aromatic heterocycles. The molecule has 0 saturated heterocycles. The van der Waals surface area contributed by atoms with Gasteiger partial charge in [-0.15, -0.1) is 11.8 Å². The summed E-state index contributed by atoms with van der Waals surface area (Å²) >= 11 is 2.94. The van der Waals surface area contributed by atoms with Gasteiger partial charge in [0.15, 0.2) is 16.3 Å². The number of rotatable bonds is 7. The van der Waals surface area contributed by atoms with Gasteiger partial charge >= 0.3 is 5.97 Å². The van der Waals surface area contributed by atoms with E-state index >= 15 is 0 Å². The molecule has 7 nitrogen and oxygen atoms in total. The van der Waals surface area contributed by atoms with Crippen LogP contribution in [0.15, 0.2) is 46.3 Å². The minimum Gasteiger partial charge on any atom is -0.493 e. The van der Waals surface area contributed by atoms with E-state index in [1.165, 1.54) is 25.6 Å². The smallest absolute Gasteiger partial charge is 0.325 e. The lowest BCUT2D eigenvalue weighted by Crippen LogP contribution is -2.22. The van der Waals surface area contributed by atoms with Crippen molar-refractivity contribution in [1.29, 1.82) is 0 Å². The molecule has 9 heteroatoms. The van der Waals surface area contributed by atoms with Crippen LogP contribution in [-0.4, -0.2) is 43.5 Å². The fraction of sp³-hybridized carbons (Fsp3) is 0.286. The first-order valence-corrected chi connectivity index (χ1v) is 10.9. The van der Waals surface area contributed by atoms with Gasteiger partial charge in [0.25, 0.3) is 5.91 Å². The van der Waals surface area contributed by atoms with E-state index in [1.54, 1.807) is 41.6 Å². The fourth-order valence-corrected chi connectivity index (χ4v) is 4.62. The third-order valence-electron chi connectivity index (χ3n) is 4.29. The lowest BCUT2D eigenvalue weighted by atomic mass is 10.2. The quantitative estimate of drug-likeness (QED) is 0.406. The van der Waals surface area contributed by atoms with Crippen LogP contribution in [0.1, 0.15) is 17.3 Å². The topological polar surface area (TPSA) is 79.1 Å². The zero-order chi connectivity index (χ0) is 21.7. The van der Waals surface area contributed by atoms with Crippen molar-refractivity contribution in [1.82, 2.24) is 4.57 Å². The Labute approximate surface area is 182 Å². The van der Waals surface area contributed by atoms with E-state index in [1.807, 2.05) is 18.2 Å². The second kappa shape index (κ2) is 9.82. The van der Waals surface area contributed by atoms with Crippen LogP contribution >= 0.6 is 23.1 Å². The van der Waals surface area contributed by atoms with Crippen molar-refractivity contribution >= 4 is 45.2 Å². The number of thiazole rings is 1. The predicted molar refractivity (Wildman–Crippen MR) is 118 cm³/mol. The Kier molecular flexibility index (Phi) is 7.17. The number of hydrogen-bond donors (Lipinski definition) is 0. The molecule has 0 N–H and O–H groups in total. The molecule has 0 spiro atoms. The van der Waals surface area contributed by atoms with Crippen LogP contribution < -0.4 is 14.3 Å². The van der Waals surface area contributed by atoms with Gasteiger partial charge in [0.05, 0.1) is 31.5 Å². The van der Waals surface area contributed by atoms with Gasteiger partial charge in [-0.3, -0.25) is 9.59 Å². The monoisotopic (exact) mass is 446 g/mol. The highest BCUT2D eigenvalue weighted by Gasteiger charge is 2.16. The summed E-state index contributed by atoms with van der Waals surface area (Å²) in [7, 11) is 4.41. The molecule has 0 saturated carbocycles. The highest BCUT2D eigenvalue weighted by molar-refractivity contribution is 7.99. The fourth-order valence-electron chi connectivity index (χ4n) is 2.87. The van der Waals surface area contributed by atoms with Gasteiger partial charge in [0.2, 0.25) is 0 Å². The number of benzene rings is 2. The van der Waals surface area contributed by atoms with Gasteiger partial charge in [0, 0.05) is 22.6 Å². The van der Waals surface area contributed by atoms with Crippen molar-refractivity contribution in [2.75, 3.05) is 27.1 Å². The Bertz CT molecular complexity index is 1150. The number of esters is 1. The van der Waals surface area contributed by atoms with Gasteiger partial charge in [-0.1, -0.05) is 24.3 Å². The predicted octanol–water partition coefficient (Wildman–Crippen LogP) is 3.75. The molecule has 0 aliphatic heterocycles. The maximum Gasteiger partial charge on any atom is 0.325 e. The number of nitrogens with zero attached hydrogens (tertiary/aromatic N) is 2. The zero-order valence-corrected chi connectivity index (χ0v) is 18.8. The molecule has 0 fully saturated rings. The van der Waals surface area contributed by atoms with Crippen molar-refractivity contribution in [3.8, 4) is 11.5 Å². The summed E-state index contributed by atoms with van der Waals surface area (Å²) < 4.78 is 18.0. The molecule has 1 heterocycles. The molecule has 0 radical (unpaired) electrons. The van der Waals surface area contributed by atoms with Crippen LogP contribution in [0.4, 0.5) is 0 Å². The molecule has 0 aliphatic carbocycles. The molecule has 3 aromatic rings. The molecule has 0 atom stereocenters. The second-order valence-electron chi connectivity index (χ2n) is 6.10. The van der Waals surface area contributed by atoms with E-state index in [2.05, 4.69) is 11.9 Å². The molecule has 1 amide bonds. The van der Waals surface area contributed by atoms with Crippen LogP contribution in [0, 0.1) is 0 Å². The zero-order valence-electron chi connectivity index (χ0n) is 17.1. The molecular weight excluding hydrogens is 424 g/mol. The number of carbonyl (C=O) groups is 2. The van der Waals surface area contributed by atoms with Crippen LogP contribution in [0.2, 0.25) is 0 Å². The Morgan fingerprint density at radius 1 is 1.10 bits per heavy atom. The molecule has 0 aliphatic rings. The minimum absolute atomic E-state index is 0.0795. The summed E-state index contributed by atoms with van der Waals surface area (Å²) in [5.41, 5.74) is 1.19. The standard InChI is InChI=1S/C21H22N2O5S2/c1-5-29-14-8-6-7-13(9-14)20(25)22-21-23(12-19(24)28-4)15-10-16(26-2)17(27-3)11-18(15)30-21/h6-11H,5,12H2,1-4H3. The lowest BCUT2D eigenvalue weighted by molar-refractivity contribution is -0.141. The number of ether oxygens (including phenoxy) is 3. The second-order valence-corrected chi connectivity index (χ2v) is 8.45. The third kappa shape index (κ3) is 4.68. The average Bonchev–Trinajstić information content (AvgIpc) is 3.08. The summed E-state index contributed by atoms with van der Waals surface area (Å²) in [5, 5.41) is 0. The largest absolute Gasteiger partial charge is 0.493 e. The average molecular weight is 447 g/mol. The van der Waals surface area contributed by atoms with E-state index in [4.69, 9.17) is 14.2 Å². The molecule has 2 aromatic carbocycles. The van der Waals surface area contributed by atoms with Gasteiger partial charge in [-0.2, -0.15) is 4.99 Å². The Morgan fingerprint density at radius 2 is 1.83 bits per heavy atom. The summed E-state index contributed by atoms with van der Waals surface area (Å²) in [6, 6.07) is 10.9. The Morgan fingerprint density at radius 3 is 2.50 bits per heavy atom. The van der Waals surface area contributed by atoms with Crippen LogP contribution in [-0.2, 0) is 16.1 Å². The first-order valence-electron chi connectivity index (χ1n) is 9.14. The molecule has 0 bridgehead atoms. The van der Waals surface area contributed by atoms with Crippen LogP contribution in [0.25, 0.3) is 10.2 Å². The van der Waals surface area contributed by atoms with Gasteiger partial charge in [-0.25, -0.2) is 0 Å². The van der Waals surface area contributed by atoms with E-state index in [-0.39, 0.29) is 12.5 Å². The number of methoxy groups -OCH3 is 3. The number of carbonyl (C=O) groups excluding carboxylic acids is 2. The lowest BCUT2D eigenvalue weighted by Gasteiger charge is -2.09. The number of fused-ring (bicyclic) bond motifs is 1. The van der Waals surface area contributed by atoms with Gasteiger partial charge in [-0.05, 0) is 24.0 Å².